The fraction of sp³-hybridized carbons (Fsp3) is 0.667. The quantitative estimate of drug-likeness (QED) is 0.925. The molecule has 4 heteroatoms. The molecule has 2 fully saturated rings. The zero-order valence-electron chi connectivity index (χ0n) is 14.0. The molecule has 1 unspecified atom stereocenters. The van der Waals surface area contributed by atoms with Crippen molar-refractivity contribution >= 4 is 5.69 Å². The van der Waals surface area contributed by atoms with Crippen LogP contribution >= 0.6 is 0 Å². The van der Waals surface area contributed by atoms with Crippen LogP contribution in [-0.4, -0.2) is 50.8 Å². The van der Waals surface area contributed by atoms with E-state index in [4.69, 9.17) is 4.74 Å². The molecule has 0 bridgehead atoms. The Labute approximate surface area is 134 Å². The summed E-state index contributed by atoms with van der Waals surface area (Å²) in [5.41, 5.74) is 2.60. The average Bonchev–Trinajstić information content (AvgIpc) is 2.57. The Balaban J connectivity index is 1.73. The predicted octanol–water partition coefficient (Wildman–Crippen LogP) is 2.48. The summed E-state index contributed by atoms with van der Waals surface area (Å²) in [6, 6.07) is 7.46. The highest BCUT2D eigenvalue weighted by Crippen LogP contribution is 2.30. The average molecular weight is 303 g/mol. The van der Waals surface area contributed by atoms with Gasteiger partial charge in [0.05, 0.1) is 12.8 Å². The van der Waals surface area contributed by atoms with Gasteiger partial charge in [0.2, 0.25) is 0 Å². The van der Waals surface area contributed by atoms with Crippen molar-refractivity contribution in [2.24, 2.45) is 0 Å². The topological polar surface area (TPSA) is 27.7 Å². The van der Waals surface area contributed by atoms with Crippen molar-refractivity contribution in [2.45, 2.75) is 38.8 Å². The Morgan fingerprint density at radius 3 is 2.73 bits per heavy atom. The predicted molar refractivity (Wildman–Crippen MR) is 91.8 cm³/mol. The van der Waals surface area contributed by atoms with Crippen molar-refractivity contribution in [1.82, 2.24) is 10.2 Å². The lowest BCUT2D eigenvalue weighted by Crippen LogP contribution is -2.43. The Morgan fingerprint density at radius 2 is 2.00 bits per heavy atom. The lowest BCUT2D eigenvalue weighted by Gasteiger charge is -2.34. The normalized spacial score (nSPS) is 23.5. The first-order valence-corrected chi connectivity index (χ1v) is 8.64. The Hall–Kier alpha value is -1.26. The van der Waals surface area contributed by atoms with Gasteiger partial charge in [-0.2, -0.15) is 0 Å². The molecule has 0 radical (unpaired) electrons. The van der Waals surface area contributed by atoms with Crippen LogP contribution in [0.3, 0.4) is 0 Å². The van der Waals surface area contributed by atoms with Gasteiger partial charge in [0.1, 0.15) is 5.75 Å². The zero-order valence-corrected chi connectivity index (χ0v) is 14.0. The minimum absolute atomic E-state index is 0.701. The molecule has 0 aliphatic carbocycles. The Kier molecular flexibility index (Phi) is 5.21. The number of methoxy groups -OCH3 is 1. The maximum atomic E-state index is 5.67. The van der Waals surface area contributed by atoms with Crippen molar-refractivity contribution in [3.63, 3.8) is 0 Å². The molecule has 4 nitrogen and oxygen atoms in total. The van der Waals surface area contributed by atoms with E-state index in [-0.39, 0.29) is 0 Å². The summed E-state index contributed by atoms with van der Waals surface area (Å²) in [6.45, 7) is 8.83. The number of hydrogen-bond donors (Lipinski definition) is 1. The number of ether oxygens (including phenoxy) is 1. The highest BCUT2D eigenvalue weighted by Gasteiger charge is 2.20. The van der Waals surface area contributed by atoms with Gasteiger partial charge in [-0.05, 0) is 44.0 Å². The van der Waals surface area contributed by atoms with Gasteiger partial charge >= 0.3 is 0 Å². The fourth-order valence-corrected chi connectivity index (χ4v) is 3.61. The molecular formula is C18H29N3O. The van der Waals surface area contributed by atoms with Crippen molar-refractivity contribution in [2.75, 3.05) is 44.7 Å². The van der Waals surface area contributed by atoms with Gasteiger partial charge in [-0.15, -0.1) is 0 Å². The molecule has 22 heavy (non-hydrogen) atoms. The SMILES string of the molecule is COc1cc(CN2CCCCC2C)ccc1N1CCNCC1. The van der Waals surface area contributed by atoms with Gasteiger partial charge in [-0.1, -0.05) is 12.5 Å². The van der Waals surface area contributed by atoms with Crippen LogP contribution in [0.4, 0.5) is 5.69 Å². The van der Waals surface area contributed by atoms with Gasteiger partial charge in [-0.3, -0.25) is 4.90 Å². The zero-order chi connectivity index (χ0) is 15.4. The summed E-state index contributed by atoms with van der Waals surface area (Å²) < 4.78 is 5.67. The highest BCUT2D eigenvalue weighted by atomic mass is 16.5. The van der Waals surface area contributed by atoms with E-state index >= 15 is 0 Å². The highest BCUT2D eigenvalue weighted by molar-refractivity contribution is 5.60. The summed E-state index contributed by atoms with van der Waals surface area (Å²) >= 11 is 0. The van der Waals surface area contributed by atoms with Crippen LogP contribution in [0.1, 0.15) is 31.7 Å². The van der Waals surface area contributed by atoms with Crippen molar-refractivity contribution in [3.05, 3.63) is 23.8 Å². The minimum Gasteiger partial charge on any atom is -0.495 e. The molecule has 2 saturated heterocycles. The van der Waals surface area contributed by atoms with E-state index in [0.29, 0.717) is 6.04 Å². The van der Waals surface area contributed by atoms with E-state index in [9.17, 15) is 0 Å². The molecule has 0 spiro atoms. The molecule has 1 aromatic rings. The summed E-state index contributed by atoms with van der Waals surface area (Å²) in [4.78, 5) is 5.02. The number of hydrogen-bond acceptors (Lipinski definition) is 4. The number of piperazine rings is 1. The minimum atomic E-state index is 0.701. The lowest BCUT2D eigenvalue weighted by atomic mass is 10.0. The fourth-order valence-electron chi connectivity index (χ4n) is 3.61. The number of piperidine rings is 1. The molecular weight excluding hydrogens is 274 g/mol. The second-order valence-electron chi connectivity index (χ2n) is 6.56. The molecule has 2 heterocycles. The van der Waals surface area contributed by atoms with Gasteiger partial charge < -0.3 is 15.0 Å². The van der Waals surface area contributed by atoms with Gasteiger partial charge in [-0.25, -0.2) is 0 Å². The third-order valence-corrected chi connectivity index (χ3v) is 5.03. The summed E-state index contributed by atoms with van der Waals surface area (Å²) in [7, 11) is 1.79. The molecule has 1 N–H and O–H groups in total. The van der Waals surface area contributed by atoms with Crippen LogP contribution in [0.25, 0.3) is 0 Å². The first-order valence-electron chi connectivity index (χ1n) is 8.64. The number of nitrogens with zero attached hydrogens (tertiary/aromatic N) is 2. The first-order chi connectivity index (χ1) is 10.8. The molecule has 1 atom stereocenters. The van der Waals surface area contributed by atoms with E-state index in [1.165, 1.54) is 37.1 Å². The van der Waals surface area contributed by atoms with Crippen molar-refractivity contribution < 1.29 is 4.74 Å². The molecule has 2 aliphatic heterocycles. The van der Waals surface area contributed by atoms with Gasteiger partial charge in [0, 0.05) is 38.8 Å². The smallest absolute Gasteiger partial charge is 0.142 e. The third-order valence-electron chi connectivity index (χ3n) is 5.03. The maximum absolute atomic E-state index is 5.67. The summed E-state index contributed by atoms with van der Waals surface area (Å²) in [5.74, 6) is 1.02. The van der Waals surface area contributed by atoms with E-state index in [1.54, 1.807) is 7.11 Å². The van der Waals surface area contributed by atoms with Crippen LogP contribution in [-0.2, 0) is 6.54 Å². The first kappa shape index (κ1) is 15.6. The molecule has 3 rings (SSSR count). The molecule has 0 saturated carbocycles. The maximum Gasteiger partial charge on any atom is 0.142 e. The van der Waals surface area contributed by atoms with Crippen molar-refractivity contribution in [3.8, 4) is 5.75 Å². The molecule has 0 amide bonds. The van der Waals surface area contributed by atoms with Gasteiger partial charge in [0.25, 0.3) is 0 Å². The number of rotatable bonds is 4. The number of likely N-dealkylation sites (tertiary alicyclic amines) is 1. The van der Waals surface area contributed by atoms with E-state index in [2.05, 4.69) is 40.2 Å². The van der Waals surface area contributed by atoms with Gasteiger partial charge in [0.15, 0.2) is 0 Å². The Morgan fingerprint density at radius 1 is 1.18 bits per heavy atom. The molecule has 1 aromatic carbocycles. The van der Waals surface area contributed by atoms with E-state index < -0.39 is 0 Å². The third kappa shape index (κ3) is 3.55. The lowest BCUT2D eigenvalue weighted by molar-refractivity contribution is 0.152. The van der Waals surface area contributed by atoms with E-state index in [0.717, 1.165) is 38.5 Å². The number of nitrogens with one attached hydrogen (secondary N) is 1. The molecule has 0 aromatic heterocycles. The van der Waals surface area contributed by atoms with Crippen LogP contribution in [0.2, 0.25) is 0 Å². The van der Waals surface area contributed by atoms with Crippen LogP contribution in [0.5, 0.6) is 5.75 Å². The van der Waals surface area contributed by atoms with Crippen LogP contribution < -0.4 is 15.0 Å². The van der Waals surface area contributed by atoms with Crippen molar-refractivity contribution in [1.29, 1.82) is 0 Å². The monoisotopic (exact) mass is 303 g/mol. The van der Waals surface area contributed by atoms with E-state index in [1.807, 2.05) is 0 Å². The second kappa shape index (κ2) is 7.34. The second-order valence-corrected chi connectivity index (χ2v) is 6.56. The molecule has 2 aliphatic rings. The standard InChI is InChI=1S/C18H29N3O/c1-15-5-3-4-10-21(15)14-16-6-7-17(18(13-16)22-2)20-11-8-19-9-12-20/h6-7,13,15,19H,3-5,8-12,14H2,1-2H3. The molecule has 122 valence electrons. The summed E-state index contributed by atoms with van der Waals surface area (Å²) in [5, 5.41) is 3.40. The van der Waals surface area contributed by atoms with Crippen LogP contribution in [0.15, 0.2) is 18.2 Å². The van der Waals surface area contributed by atoms with Crippen LogP contribution in [0, 0.1) is 0 Å². The number of anilines is 1. The Bertz CT molecular complexity index is 485. The largest absolute Gasteiger partial charge is 0.495 e. The number of benzene rings is 1. The summed E-state index contributed by atoms with van der Waals surface area (Å²) in [6.07, 6.45) is 4.04.